The number of aliphatic hydroxyl groups is 1. The van der Waals surface area contributed by atoms with Gasteiger partial charge in [-0.1, -0.05) is 29.8 Å². The summed E-state index contributed by atoms with van der Waals surface area (Å²) in [6, 6.07) is 5.09. The fourth-order valence-corrected chi connectivity index (χ4v) is 1.40. The third-order valence-electron chi connectivity index (χ3n) is 2.00. The zero-order valence-electron chi connectivity index (χ0n) is 8.94. The summed E-state index contributed by atoms with van der Waals surface area (Å²) < 4.78 is 4.61. The number of halogens is 1. The van der Waals surface area contributed by atoms with Crippen LogP contribution < -0.4 is 0 Å². The molecule has 0 saturated carbocycles. The summed E-state index contributed by atoms with van der Waals surface area (Å²) in [5, 5.41) is 8.99. The number of ether oxygens (including phenoxy) is 1. The highest BCUT2D eigenvalue weighted by atomic mass is 35.5. The van der Waals surface area contributed by atoms with Crippen molar-refractivity contribution in [3.8, 4) is 0 Å². The van der Waals surface area contributed by atoms with Gasteiger partial charge in [0.25, 0.3) is 0 Å². The summed E-state index contributed by atoms with van der Waals surface area (Å²) in [5.74, 6) is -0.456. The van der Waals surface area contributed by atoms with E-state index in [-0.39, 0.29) is 6.61 Å². The molecule has 0 saturated heterocycles. The van der Waals surface area contributed by atoms with Crippen LogP contribution in [0.2, 0.25) is 5.02 Å². The number of benzene rings is 1. The summed E-state index contributed by atoms with van der Waals surface area (Å²) in [7, 11) is 1.31. The minimum atomic E-state index is -0.456. The van der Waals surface area contributed by atoms with E-state index < -0.39 is 5.97 Å². The predicted molar refractivity (Wildman–Crippen MR) is 63.5 cm³/mol. The van der Waals surface area contributed by atoms with Crippen molar-refractivity contribution in [3.63, 3.8) is 0 Å². The number of carbonyl (C=O) groups excluding carboxylic acids is 1. The van der Waals surface area contributed by atoms with Crippen molar-refractivity contribution >= 4 is 23.6 Å². The quantitative estimate of drug-likeness (QED) is 0.823. The van der Waals surface area contributed by atoms with Crippen molar-refractivity contribution in [2.24, 2.45) is 0 Å². The number of rotatable bonds is 4. The maximum atomic E-state index is 11.3. The molecule has 1 aromatic rings. The Bertz CT molecular complexity index is 399. The van der Waals surface area contributed by atoms with Gasteiger partial charge in [-0.05, 0) is 24.1 Å². The molecule has 0 spiro atoms. The minimum Gasteiger partial charge on any atom is -0.465 e. The van der Waals surface area contributed by atoms with E-state index in [9.17, 15) is 4.79 Å². The van der Waals surface area contributed by atoms with Crippen LogP contribution in [0, 0.1) is 0 Å². The molecule has 0 amide bonds. The Labute approximate surface area is 99.3 Å². The van der Waals surface area contributed by atoms with Crippen LogP contribution in [0.3, 0.4) is 0 Å². The second-order valence-corrected chi connectivity index (χ2v) is 3.55. The lowest BCUT2D eigenvalue weighted by molar-refractivity contribution is 0.0601. The second kappa shape index (κ2) is 6.30. The average Bonchev–Trinajstić information content (AvgIpc) is 2.30. The van der Waals surface area contributed by atoms with Gasteiger partial charge in [0.15, 0.2) is 0 Å². The molecule has 3 nitrogen and oxygen atoms in total. The Morgan fingerprint density at radius 3 is 2.94 bits per heavy atom. The first kappa shape index (κ1) is 12.7. The summed E-state index contributed by atoms with van der Waals surface area (Å²) >= 11 is 5.87. The first-order chi connectivity index (χ1) is 7.69. The third-order valence-corrected chi connectivity index (χ3v) is 2.33. The van der Waals surface area contributed by atoms with Crippen LogP contribution in [-0.2, 0) is 4.74 Å². The van der Waals surface area contributed by atoms with Gasteiger partial charge in [0.1, 0.15) is 0 Å². The van der Waals surface area contributed by atoms with Gasteiger partial charge in [0, 0.05) is 6.61 Å². The number of esters is 1. The zero-order chi connectivity index (χ0) is 12.0. The Kier molecular flexibility index (Phi) is 5.02. The number of hydrogen-bond acceptors (Lipinski definition) is 3. The molecule has 4 heteroatoms. The highest BCUT2D eigenvalue weighted by molar-refractivity contribution is 6.33. The van der Waals surface area contributed by atoms with Crippen LogP contribution in [0.15, 0.2) is 24.3 Å². The van der Waals surface area contributed by atoms with Crippen LogP contribution in [0.4, 0.5) is 0 Å². The van der Waals surface area contributed by atoms with E-state index in [1.165, 1.54) is 7.11 Å². The molecule has 1 aromatic carbocycles. The molecule has 0 aliphatic carbocycles. The second-order valence-electron chi connectivity index (χ2n) is 3.15. The molecule has 0 unspecified atom stereocenters. The molecular formula is C12H13ClO3. The van der Waals surface area contributed by atoms with Crippen molar-refractivity contribution in [1.29, 1.82) is 0 Å². The molecule has 1 rings (SSSR count). The summed E-state index contributed by atoms with van der Waals surface area (Å²) in [6.07, 6.45) is 4.22. The minimum absolute atomic E-state index is 0.105. The fourth-order valence-electron chi connectivity index (χ4n) is 1.21. The number of methoxy groups -OCH3 is 1. The van der Waals surface area contributed by atoms with E-state index in [0.29, 0.717) is 17.0 Å². The maximum Gasteiger partial charge on any atom is 0.339 e. The highest BCUT2D eigenvalue weighted by Crippen LogP contribution is 2.19. The lowest BCUT2D eigenvalue weighted by Crippen LogP contribution is -2.02. The van der Waals surface area contributed by atoms with Crippen LogP contribution in [-0.4, -0.2) is 24.8 Å². The van der Waals surface area contributed by atoms with Crippen molar-refractivity contribution < 1.29 is 14.6 Å². The Morgan fingerprint density at radius 2 is 2.31 bits per heavy atom. The molecule has 0 heterocycles. The van der Waals surface area contributed by atoms with E-state index in [1.54, 1.807) is 18.2 Å². The summed E-state index contributed by atoms with van der Waals surface area (Å²) in [6.45, 7) is 0.105. The molecule has 0 fully saturated rings. The standard InChI is InChI=1S/C12H13ClO3/c1-16-12(15)10-8-9(4-2-3-7-14)5-6-11(10)13/h2,4-6,8,14H,3,7H2,1H3. The molecule has 0 aliphatic rings. The van der Waals surface area contributed by atoms with Gasteiger partial charge >= 0.3 is 5.97 Å². The lowest BCUT2D eigenvalue weighted by Gasteiger charge is -2.03. The van der Waals surface area contributed by atoms with E-state index in [0.717, 1.165) is 5.56 Å². The Morgan fingerprint density at radius 1 is 1.56 bits per heavy atom. The van der Waals surface area contributed by atoms with Crippen molar-refractivity contribution in [1.82, 2.24) is 0 Å². The Hall–Kier alpha value is -1.32. The smallest absolute Gasteiger partial charge is 0.339 e. The van der Waals surface area contributed by atoms with Gasteiger partial charge in [0.05, 0.1) is 17.7 Å². The number of hydrogen-bond donors (Lipinski definition) is 1. The summed E-state index contributed by atoms with van der Waals surface area (Å²) in [4.78, 5) is 11.3. The molecule has 0 aromatic heterocycles. The lowest BCUT2D eigenvalue weighted by atomic mass is 10.1. The highest BCUT2D eigenvalue weighted by Gasteiger charge is 2.10. The molecule has 16 heavy (non-hydrogen) atoms. The molecule has 0 aliphatic heterocycles. The van der Waals surface area contributed by atoms with Gasteiger partial charge in [-0.25, -0.2) is 4.79 Å². The van der Waals surface area contributed by atoms with Crippen LogP contribution in [0.1, 0.15) is 22.3 Å². The SMILES string of the molecule is COC(=O)c1cc(C=CCCO)ccc1Cl. The normalized spacial score (nSPS) is 10.7. The van der Waals surface area contributed by atoms with Crippen LogP contribution in [0.5, 0.6) is 0 Å². The fraction of sp³-hybridized carbons (Fsp3) is 0.250. The van der Waals surface area contributed by atoms with Crippen LogP contribution in [0.25, 0.3) is 6.08 Å². The first-order valence-electron chi connectivity index (χ1n) is 4.84. The number of carbonyl (C=O) groups is 1. The maximum absolute atomic E-state index is 11.3. The topological polar surface area (TPSA) is 46.5 Å². The predicted octanol–water partition coefficient (Wildman–Crippen LogP) is 2.52. The van der Waals surface area contributed by atoms with E-state index >= 15 is 0 Å². The molecule has 1 N–H and O–H groups in total. The Balaban J connectivity index is 2.93. The van der Waals surface area contributed by atoms with Gasteiger partial charge < -0.3 is 9.84 Å². The number of aliphatic hydroxyl groups excluding tert-OH is 1. The first-order valence-corrected chi connectivity index (χ1v) is 5.22. The van der Waals surface area contributed by atoms with E-state index in [4.69, 9.17) is 16.7 Å². The molecular weight excluding hydrogens is 228 g/mol. The molecule has 86 valence electrons. The van der Waals surface area contributed by atoms with E-state index in [2.05, 4.69) is 4.74 Å². The van der Waals surface area contributed by atoms with Gasteiger partial charge in [-0.2, -0.15) is 0 Å². The average molecular weight is 241 g/mol. The van der Waals surface area contributed by atoms with Crippen molar-refractivity contribution in [2.75, 3.05) is 13.7 Å². The van der Waals surface area contributed by atoms with E-state index in [1.807, 2.05) is 12.2 Å². The summed E-state index contributed by atoms with van der Waals surface area (Å²) in [5.41, 5.74) is 1.19. The van der Waals surface area contributed by atoms with Gasteiger partial charge in [-0.15, -0.1) is 0 Å². The third kappa shape index (κ3) is 3.36. The molecule has 0 radical (unpaired) electrons. The zero-order valence-corrected chi connectivity index (χ0v) is 9.70. The van der Waals surface area contributed by atoms with Crippen LogP contribution >= 0.6 is 11.6 Å². The monoisotopic (exact) mass is 240 g/mol. The largest absolute Gasteiger partial charge is 0.465 e. The van der Waals surface area contributed by atoms with Crippen molar-refractivity contribution in [2.45, 2.75) is 6.42 Å². The molecule has 0 atom stereocenters. The van der Waals surface area contributed by atoms with Crippen molar-refractivity contribution in [3.05, 3.63) is 40.4 Å². The molecule has 0 bridgehead atoms. The van der Waals surface area contributed by atoms with Gasteiger partial charge in [-0.3, -0.25) is 0 Å². The van der Waals surface area contributed by atoms with Gasteiger partial charge in [0.2, 0.25) is 0 Å².